The Morgan fingerprint density at radius 1 is 1.39 bits per heavy atom. The quantitative estimate of drug-likeness (QED) is 0.900. The van der Waals surface area contributed by atoms with Gasteiger partial charge in [-0.25, -0.2) is 4.39 Å². The molecule has 0 radical (unpaired) electrons. The number of nitrogens with zero attached hydrogens (tertiary/aromatic N) is 1. The number of carbonyl (C=O) groups is 1. The molecule has 2 aliphatic heterocycles. The molecule has 0 unspecified atom stereocenters. The maximum absolute atomic E-state index is 13.9. The zero-order chi connectivity index (χ0) is 15.9. The number of hydrogen-bond donors (Lipinski definition) is 1. The van der Waals surface area contributed by atoms with Crippen molar-refractivity contribution in [2.75, 3.05) is 32.8 Å². The molecule has 3 fully saturated rings. The molecule has 23 heavy (non-hydrogen) atoms. The molecule has 1 aliphatic carbocycles. The summed E-state index contributed by atoms with van der Waals surface area (Å²) in [4.78, 5) is 14.2. The van der Waals surface area contributed by atoms with Gasteiger partial charge in [0.15, 0.2) is 0 Å². The van der Waals surface area contributed by atoms with E-state index in [1.807, 2.05) is 12.1 Å². The molecule has 2 heterocycles. The monoisotopic (exact) mass is 318 g/mol. The van der Waals surface area contributed by atoms with Crippen LogP contribution in [0.4, 0.5) is 4.39 Å². The lowest BCUT2D eigenvalue weighted by atomic mass is 9.81. The number of amides is 1. The fraction of sp³-hybridized carbons (Fsp3) is 0.611. The minimum atomic E-state index is -0.142. The van der Waals surface area contributed by atoms with Gasteiger partial charge >= 0.3 is 0 Å². The number of ether oxygens (including phenoxy) is 1. The Morgan fingerprint density at radius 3 is 3.00 bits per heavy atom. The van der Waals surface area contributed by atoms with E-state index in [0.29, 0.717) is 25.6 Å². The van der Waals surface area contributed by atoms with Crippen LogP contribution in [0.2, 0.25) is 0 Å². The number of fused-ring (bicyclic) bond motifs is 1. The van der Waals surface area contributed by atoms with Gasteiger partial charge in [-0.05, 0) is 18.9 Å². The van der Waals surface area contributed by atoms with Crippen LogP contribution in [0.1, 0.15) is 18.4 Å². The SMILES string of the molecule is O=C(NC[C@]12COC[C@H]1CN(Cc1ccccc1F)C2)C1CC1. The fourth-order valence-electron chi connectivity index (χ4n) is 3.93. The molecule has 4 nitrogen and oxygen atoms in total. The van der Waals surface area contributed by atoms with Crippen LogP contribution in [0, 0.1) is 23.1 Å². The second kappa shape index (κ2) is 5.87. The van der Waals surface area contributed by atoms with Crippen LogP contribution in [0.15, 0.2) is 24.3 Å². The van der Waals surface area contributed by atoms with Gasteiger partial charge in [-0.3, -0.25) is 9.69 Å². The number of benzene rings is 1. The smallest absolute Gasteiger partial charge is 0.223 e. The van der Waals surface area contributed by atoms with Crippen LogP contribution in [-0.4, -0.2) is 43.7 Å². The second-order valence-electron chi connectivity index (χ2n) is 7.33. The van der Waals surface area contributed by atoms with E-state index >= 15 is 0 Å². The highest BCUT2D eigenvalue weighted by Gasteiger charge is 2.50. The lowest BCUT2D eigenvalue weighted by Gasteiger charge is -2.27. The van der Waals surface area contributed by atoms with Gasteiger partial charge < -0.3 is 10.1 Å². The van der Waals surface area contributed by atoms with Crippen LogP contribution in [-0.2, 0) is 16.1 Å². The highest BCUT2D eigenvalue weighted by molar-refractivity contribution is 5.80. The van der Waals surface area contributed by atoms with Gasteiger partial charge in [0.25, 0.3) is 0 Å². The van der Waals surface area contributed by atoms with Crippen LogP contribution < -0.4 is 5.32 Å². The number of carbonyl (C=O) groups excluding carboxylic acids is 1. The third kappa shape index (κ3) is 3.00. The molecule has 1 aromatic rings. The summed E-state index contributed by atoms with van der Waals surface area (Å²) in [7, 11) is 0. The molecule has 2 saturated heterocycles. The van der Waals surface area contributed by atoms with Gasteiger partial charge in [-0.15, -0.1) is 0 Å². The molecule has 1 N–H and O–H groups in total. The molecule has 1 aromatic carbocycles. The van der Waals surface area contributed by atoms with E-state index in [9.17, 15) is 9.18 Å². The highest BCUT2D eigenvalue weighted by atomic mass is 19.1. The molecule has 0 bridgehead atoms. The lowest BCUT2D eigenvalue weighted by molar-refractivity contribution is -0.122. The van der Waals surface area contributed by atoms with Crippen molar-refractivity contribution in [1.82, 2.24) is 10.2 Å². The summed E-state index contributed by atoms with van der Waals surface area (Å²) in [5.74, 6) is 0.714. The summed E-state index contributed by atoms with van der Waals surface area (Å²) in [5.41, 5.74) is 0.737. The van der Waals surface area contributed by atoms with Crippen molar-refractivity contribution in [3.8, 4) is 0 Å². The van der Waals surface area contributed by atoms with Crippen molar-refractivity contribution >= 4 is 5.91 Å². The third-order valence-electron chi connectivity index (χ3n) is 5.51. The molecule has 1 saturated carbocycles. The number of rotatable bonds is 5. The summed E-state index contributed by atoms with van der Waals surface area (Å²) in [6.45, 7) is 4.51. The average Bonchev–Trinajstić information content (AvgIpc) is 3.23. The Kier molecular flexibility index (Phi) is 3.85. The Bertz CT molecular complexity index is 604. The first kappa shape index (κ1) is 15.1. The Hall–Kier alpha value is -1.46. The molecular formula is C18H23FN2O2. The first-order chi connectivity index (χ1) is 11.2. The van der Waals surface area contributed by atoms with Crippen molar-refractivity contribution in [1.29, 1.82) is 0 Å². The van der Waals surface area contributed by atoms with Gasteiger partial charge in [-0.2, -0.15) is 0 Å². The third-order valence-corrected chi connectivity index (χ3v) is 5.51. The predicted octanol–water partition coefficient (Wildman–Crippen LogP) is 1.80. The minimum absolute atomic E-state index is 0.00416. The standard InChI is InChI=1S/C18H23FN2O2/c19-16-4-2-1-3-14(16)7-21-8-15-9-23-12-18(15,11-21)10-20-17(22)13-5-6-13/h1-4,13,15H,5-12H2,(H,20,22)/t15-,18+/m1/s1. The topological polar surface area (TPSA) is 41.6 Å². The van der Waals surface area contributed by atoms with Gasteiger partial charge in [0.05, 0.1) is 13.2 Å². The van der Waals surface area contributed by atoms with Gasteiger partial charge in [0.2, 0.25) is 5.91 Å². The molecule has 4 rings (SSSR count). The molecule has 5 heteroatoms. The van der Waals surface area contributed by atoms with E-state index < -0.39 is 0 Å². The van der Waals surface area contributed by atoms with Crippen molar-refractivity contribution in [3.63, 3.8) is 0 Å². The van der Waals surface area contributed by atoms with E-state index in [1.54, 1.807) is 6.07 Å². The predicted molar refractivity (Wildman–Crippen MR) is 84.2 cm³/mol. The first-order valence-electron chi connectivity index (χ1n) is 8.47. The Labute approximate surface area is 136 Å². The molecule has 1 amide bonds. The Balaban J connectivity index is 1.41. The maximum atomic E-state index is 13.9. The van der Waals surface area contributed by atoms with Gasteiger partial charge in [0.1, 0.15) is 5.82 Å². The number of nitrogens with one attached hydrogen (secondary N) is 1. The molecular weight excluding hydrogens is 295 g/mol. The summed E-state index contributed by atoms with van der Waals surface area (Å²) >= 11 is 0. The lowest BCUT2D eigenvalue weighted by Crippen LogP contribution is -2.43. The summed E-state index contributed by atoms with van der Waals surface area (Å²) in [6.07, 6.45) is 2.05. The summed E-state index contributed by atoms with van der Waals surface area (Å²) < 4.78 is 19.6. The number of halogens is 1. The van der Waals surface area contributed by atoms with E-state index in [2.05, 4.69) is 10.2 Å². The summed E-state index contributed by atoms with van der Waals surface area (Å²) in [5, 5.41) is 3.12. The van der Waals surface area contributed by atoms with Crippen molar-refractivity contribution in [2.24, 2.45) is 17.3 Å². The zero-order valence-corrected chi connectivity index (χ0v) is 13.3. The average molecular weight is 318 g/mol. The van der Waals surface area contributed by atoms with E-state index in [-0.39, 0.29) is 23.1 Å². The van der Waals surface area contributed by atoms with Crippen LogP contribution in [0.25, 0.3) is 0 Å². The van der Waals surface area contributed by atoms with Crippen molar-refractivity contribution in [2.45, 2.75) is 19.4 Å². The Morgan fingerprint density at radius 2 is 2.22 bits per heavy atom. The van der Waals surface area contributed by atoms with E-state index in [0.717, 1.165) is 38.1 Å². The fourth-order valence-corrected chi connectivity index (χ4v) is 3.93. The molecule has 2 atom stereocenters. The van der Waals surface area contributed by atoms with Crippen molar-refractivity contribution < 1.29 is 13.9 Å². The molecule has 0 spiro atoms. The summed E-state index contributed by atoms with van der Waals surface area (Å²) in [6, 6.07) is 6.97. The number of hydrogen-bond acceptors (Lipinski definition) is 3. The van der Waals surface area contributed by atoms with Gasteiger partial charge in [-0.1, -0.05) is 18.2 Å². The number of likely N-dealkylation sites (tertiary alicyclic amines) is 1. The van der Waals surface area contributed by atoms with Crippen molar-refractivity contribution in [3.05, 3.63) is 35.6 Å². The zero-order valence-electron chi connectivity index (χ0n) is 13.3. The molecule has 0 aromatic heterocycles. The van der Waals surface area contributed by atoms with Crippen LogP contribution in [0.3, 0.4) is 0 Å². The molecule has 124 valence electrons. The highest BCUT2D eigenvalue weighted by Crippen LogP contribution is 2.41. The second-order valence-corrected chi connectivity index (χ2v) is 7.33. The maximum Gasteiger partial charge on any atom is 0.223 e. The first-order valence-corrected chi connectivity index (χ1v) is 8.47. The van der Waals surface area contributed by atoms with E-state index in [4.69, 9.17) is 4.74 Å². The van der Waals surface area contributed by atoms with E-state index in [1.165, 1.54) is 6.07 Å². The van der Waals surface area contributed by atoms with Crippen LogP contribution >= 0.6 is 0 Å². The molecule has 3 aliphatic rings. The normalized spacial score (nSPS) is 30.4. The van der Waals surface area contributed by atoms with Gasteiger partial charge in [0, 0.05) is 49.0 Å². The van der Waals surface area contributed by atoms with Crippen LogP contribution in [0.5, 0.6) is 0 Å². The largest absolute Gasteiger partial charge is 0.380 e. The minimum Gasteiger partial charge on any atom is -0.380 e.